The average Bonchev–Trinajstić information content (AvgIpc) is 2.41. The van der Waals surface area contributed by atoms with Gasteiger partial charge in [-0.1, -0.05) is 12.1 Å². The van der Waals surface area contributed by atoms with Crippen LogP contribution in [0.2, 0.25) is 0 Å². The monoisotopic (exact) mass is 274 g/mol. The van der Waals surface area contributed by atoms with Crippen LogP contribution in [0, 0.1) is 5.82 Å². The quantitative estimate of drug-likeness (QED) is 0.753. The topological polar surface area (TPSA) is 75.3 Å². The maximum atomic E-state index is 13.1. The summed E-state index contributed by atoms with van der Waals surface area (Å²) in [5.41, 5.74) is 7.01. The number of halogens is 1. The van der Waals surface area contributed by atoms with E-state index in [1.807, 2.05) is 6.07 Å². The number of nitrogens with one attached hydrogen (secondary N) is 1. The molecule has 0 aliphatic carbocycles. The highest BCUT2D eigenvalue weighted by Crippen LogP contribution is 2.20. The second kappa shape index (κ2) is 5.61. The Morgan fingerprint density at radius 2 is 2.05 bits per heavy atom. The van der Waals surface area contributed by atoms with Crippen LogP contribution in [0.4, 0.5) is 10.1 Å². The van der Waals surface area contributed by atoms with Crippen molar-refractivity contribution in [2.24, 2.45) is 0 Å². The van der Waals surface area contributed by atoms with Crippen molar-refractivity contribution in [2.75, 3.05) is 5.73 Å². The zero-order valence-corrected chi connectivity index (χ0v) is 10.9. The van der Waals surface area contributed by atoms with E-state index in [9.17, 15) is 14.3 Å². The van der Waals surface area contributed by atoms with E-state index >= 15 is 0 Å². The predicted octanol–water partition coefficient (Wildman–Crippen LogP) is 2.60. The number of nitrogen functional groups attached to an aromatic ring is 1. The van der Waals surface area contributed by atoms with Gasteiger partial charge in [0.1, 0.15) is 11.6 Å². The highest BCUT2D eigenvalue weighted by molar-refractivity contribution is 5.97. The molecule has 2 aromatic rings. The largest absolute Gasteiger partial charge is 0.507 e. The average molecular weight is 274 g/mol. The molecule has 2 rings (SSSR count). The minimum atomic E-state index is -0.579. The zero-order chi connectivity index (χ0) is 14.7. The van der Waals surface area contributed by atoms with Gasteiger partial charge in [0.05, 0.1) is 11.6 Å². The van der Waals surface area contributed by atoms with Gasteiger partial charge in [-0.15, -0.1) is 0 Å². The van der Waals surface area contributed by atoms with Crippen LogP contribution in [-0.2, 0) is 0 Å². The number of carbonyl (C=O) groups is 1. The van der Waals surface area contributed by atoms with Gasteiger partial charge in [0.25, 0.3) is 5.91 Å². The Hall–Kier alpha value is -2.56. The molecule has 4 nitrogen and oxygen atoms in total. The van der Waals surface area contributed by atoms with Crippen molar-refractivity contribution >= 4 is 11.6 Å². The summed E-state index contributed by atoms with van der Waals surface area (Å²) in [5, 5.41) is 12.3. The molecule has 20 heavy (non-hydrogen) atoms. The third-order valence-electron chi connectivity index (χ3n) is 2.96. The second-order valence-corrected chi connectivity index (χ2v) is 4.53. The minimum Gasteiger partial charge on any atom is -0.507 e. The van der Waals surface area contributed by atoms with Gasteiger partial charge in [-0.05, 0) is 42.8 Å². The lowest BCUT2D eigenvalue weighted by Gasteiger charge is -2.15. The fourth-order valence-electron chi connectivity index (χ4n) is 1.88. The molecule has 0 fully saturated rings. The Morgan fingerprint density at radius 3 is 2.75 bits per heavy atom. The van der Waals surface area contributed by atoms with E-state index in [1.54, 1.807) is 25.1 Å². The SMILES string of the molecule is CC(NC(=O)c1cc(F)ccc1O)c1cccc(N)c1. The highest BCUT2D eigenvalue weighted by atomic mass is 19.1. The molecule has 0 radical (unpaired) electrons. The van der Waals surface area contributed by atoms with Crippen molar-refractivity contribution in [1.29, 1.82) is 0 Å². The Kier molecular flexibility index (Phi) is 3.89. The molecule has 5 heteroatoms. The van der Waals surface area contributed by atoms with Gasteiger partial charge in [-0.3, -0.25) is 4.79 Å². The lowest BCUT2D eigenvalue weighted by atomic mass is 10.1. The van der Waals surface area contributed by atoms with Gasteiger partial charge in [0, 0.05) is 5.69 Å². The number of rotatable bonds is 3. The molecule has 1 amide bonds. The first-order valence-corrected chi connectivity index (χ1v) is 6.12. The van der Waals surface area contributed by atoms with Gasteiger partial charge in [-0.25, -0.2) is 4.39 Å². The third-order valence-corrected chi connectivity index (χ3v) is 2.96. The number of aromatic hydroxyl groups is 1. The van der Waals surface area contributed by atoms with Crippen LogP contribution in [0.15, 0.2) is 42.5 Å². The number of carbonyl (C=O) groups excluding carboxylic acids is 1. The highest BCUT2D eigenvalue weighted by Gasteiger charge is 2.15. The molecule has 0 aromatic heterocycles. The summed E-state index contributed by atoms with van der Waals surface area (Å²) < 4.78 is 13.1. The van der Waals surface area contributed by atoms with Crippen molar-refractivity contribution in [3.05, 3.63) is 59.4 Å². The van der Waals surface area contributed by atoms with Crippen LogP contribution in [0.25, 0.3) is 0 Å². The first-order chi connectivity index (χ1) is 9.47. The fraction of sp³-hybridized carbons (Fsp3) is 0.133. The molecule has 0 saturated carbocycles. The molecular formula is C15H15FN2O2. The molecule has 0 saturated heterocycles. The van der Waals surface area contributed by atoms with Crippen molar-refractivity contribution in [1.82, 2.24) is 5.32 Å². The van der Waals surface area contributed by atoms with E-state index < -0.39 is 11.7 Å². The van der Waals surface area contributed by atoms with E-state index in [2.05, 4.69) is 5.32 Å². The Bertz CT molecular complexity index is 644. The molecule has 1 unspecified atom stereocenters. The Morgan fingerprint density at radius 1 is 1.30 bits per heavy atom. The van der Waals surface area contributed by atoms with Crippen molar-refractivity contribution in [2.45, 2.75) is 13.0 Å². The van der Waals surface area contributed by atoms with Crippen molar-refractivity contribution in [3.63, 3.8) is 0 Å². The lowest BCUT2D eigenvalue weighted by molar-refractivity contribution is 0.0936. The second-order valence-electron chi connectivity index (χ2n) is 4.53. The summed E-state index contributed by atoms with van der Waals surface area (Å²) in [5.74, 6) is -1.38. The number of anilines is 1. The maximum Gasteiger partial charge on any atom is 0.255 e. The number of hydrogen-bond donors (Lipinski definition) is 3. The summed E-state index contributed by atoms with van der Waals surface area (Å²) in [6.45, 7) is 1.78. The third kappa shape index (κ3) is 3.06. The summed E-state index contributed by atoms with van der Waals surface area (Å²) >= 11 is 0. The van der Waals surface area contributed by atoms with Gasteiger partial charge in [0.15, 0.2) is 0 Å². The molecule has 4 N–H and O–H groups in total. The zero-order valence-electron chi connectivity index (χ0n) is 10.9. The van der Waals surface area contributed by atoms with Crippen LogP contribution >= 0.6 is 0 Å². The van der Waals surface area contributed by atoms with Gasteiger partial charge < -0.3 is 16.2 Å². The molecule has 0 spiro atoms. The lowest BCUT2D eigenvalue weighted by Crippen LogP contribution is -2.26. The normalized spacial score (nSPS) is 11.9. The Labute approximate surface area is 116 Å². The van der Waals surface area contributed by atoms with Gasteiger partial charge >= 0.3 is 0 Å². The molecule has 104 valence electrons. The predicted molar refractivity (Wildman–Crippen MR) is 74.8 cm³/mol. The summed E-state index contributed by atoms with van der Waals surface area (Å²) in [6, 6.07) is 10.0. The van der Waals surface area contributed by atoms with Crippen LogP contribution in [0.1, 0.15) is 28.9 Å². The number of nitrogens with two attached hydrogens (primary N) is 1. The van der Waals surface area contributed by atoms with E-state index in [-0.39, 0.29) is 17.4 Å². The standard InChI is InChI=1S/C15H15FN2O2/c1-9(10-3-2-4-12(17)7-10)18-15(20)13-8-11(16)5-6-14(13)19/h2-9,19H,17H2,1H3,(H,18,20). The summed E-state index contributed by atoms with van der Waals surface area (Å²) in [7, 11) is 0. The molecule has 0 aliphatic rings. The number of phenols is 1. The first kappa shape index (κ1) is 13.9. The molecule has 1 atom stereocenters. The molecule has 2 aromatic carbocycles. The van der Waals surface area contributed by atoms with E-state index in [4.69, 9.17) is 5.73 Å². The first-order valence-electron chi connectivity index (χ1n) is 6.12. The van der Waals surface area contributed by atoms with E-state index in [1.165, 1.54) is 0 Å². The fourth-order valence-corrected chi connectivity index (χ4v) is 1.88. The van der Waals surface area contributed by atoms with Crippen molar-refractivity contribution < 1.29 is 14.3 Å². The smallest absolute Gasteiger partial charge is 0.255 e. The molecule has 0 heterocycles. The Balaban J connectivity index is 2.17. The number of hydrogen-bond acceptors (Lipinski definition) is 3. The van der Waals surface area contributed by atoms with Crippen LogP contribution in [0.3, 0.4) is 0 Å². The summed E-state index contributed by atoms with van der Waals surface area (Å²) in [4.78, 5) is 12.0. The molecule has 0 bridgehead atoms. The molecular weight excluding hydrogens is 259 g/mol. The molecule has 0 aliphatic heterocycles. The van der Waals surface area contributed by atoms with Gasteiger partial charge in [-0.2, -0.15) is 0 Å². The maximum absolute atomic E-state index is 13.1. The van der Waals surface area contributed by atoms with Crippen molar-refractivity contribution in [3.8, 4) is 5.75 Å². The number of benzene rings is 2. The van der Waals surface area contributed by atoms with Crippen LogP contribution in [-0.4, -0.2) is 11.0 Å². The minimum absolute atomic E-state index is 0.0965. The summed E-state index contributed by atoms with van der Waals surface area (Å²) in [6.07, 6.45) is 0. The van der Waals surface area contributed by atoms with Crippen LogP contribution < -0.4 is 11.1 Å². The van der Waals surface area contributed by atoms with E-state index in [0.29, 0.717) is 5.69 Å². The number of amides is 1. The number of phenolic OH excluding ortho intramolecular Hbond substituents is 1. The van der Waals surface area contributed by atoms with Gasteiger partial charge in [0.2, 0.25) is 0 Å². The van der Waals surface area contributed by atoms with E-state index in [0.717, 1.165) is 23.8 Å². The van der Waals surface area contributed by atoms with Crippen LogP contribution in [0.5, 0.6) is 5.75 Å².